The summed E-state index contributed by atoms with van der Waals surface area (Å²) in [6.07, 6.45) is 1.01. The monoisotopic (exact) mass is 375 g/mol. The highest BCUT2D eigenvalue weighted by Gasteiger charge is 2.32. The predicted molar refractivity (Wildman–Crippen MR) is 82.8 cm³/mol. The van der Waals surface area contributed by atoms with E-state index in [0.29, 0.717) is 29.4 Å². The summed E-state index contributed by atoms with van der Waals surface area (Å²) in [6, 6.07) is 4.12. The fraction of sp³-hybridized carbons (Fsp3) is 0.500. The molecule has 0 aromatic heterocycles. The third kappa shape index (κ3) is 3.46. The summed E-state index contributed by atoms with van der Waals surface area (Å²) < 4.78 is 27.2. The molecule has 21 heavy (non-hydrogen) atoms. The zero-order valence-corrected chi connectivity index (χ0v) is 14.3. The maximum absolute atomic E-state index is 12.7. The molecule has 1 aliphatic rings. The van der Waals surface area contributed by atoms with Crippen LogP contribution < -0.4 is 0 Å². The number of hydrogen-bond acceptors (Lipinski definition) is 3. The van der Waals surface area contributed by atoms with Gasteiger partial charge in [0.2, 0.25) is 10.0 Å². The molecule has 7 heteroatoms. The molecule has 0 bridgehead atoms. The van der Waals surface area contributed by atoms with Crippen LogP contribution in [0.2, 0.25) is 0 Å². The SMILES string of the molecule is C[C@@H]1C[C@H](C)CN(S(=O)(=O)c2ccc(Br)c(C(=O)O)c2)C1. The van der Waals surface area contributed by atoms with E-state index >= 15 is 0 Å². The van der Waals surface area contributed by atoms with Crippen molar-refractivity contribution in [3.8, 4) is 0 Å². The third-order valence-electron chi connectivity index (χ3n) is 3.64. The smallest absolute Gasteiger partial charge is 0.336 e. The van der Waals surface area contributed by atoms with E-state index < -0.39 is 16.0 Å². The highest BCUT2D eigenvalue weighted by molar-refractivity contribution is 9.10. The Bertz CT molecular complexity index is 649. The Balaban J connectivity index is 2.40. The van der Waals surface area contributed by atoms with E-state index in [1.807, 2.05) is 13.8 Å². The number of nitrogens with zero attached hydrogens (tertiary/aromatic N) is 1. The quantitative estimate of drug-likeness (QED) is 0.880. The molecule has 0 unspecified atom stereocenters. The number of carboxylic acids is 1. The molecule has 1 N–H and O–H groups in total. The Labute approximate surface area is 133 Å². The van der Waals surface area contributed by atoms with E-state index in [2.05, 4.69) is 15.9 Å². The number of rotatable bonds is 3. The molecule has 1 heterocycles. The van der Waals surface area contributed by atoms with Crippen LogP contribution in [0.15, 0.2) is 27.6 Å². The second kappa shape index (κ2) is 6.06. The van der Waals surface area contributed by atoms with Gasteiger partial charge < -0.3 is 5.11 Å². The van der Waals surface area contributed by atoms with E-state index in [0.717, 1.165) is 6.42 Å². The first kappa shape index (κ1) is 16.5. The van der Waals surface area contributed by atoms with Crippen molar-refractivity contribution >= 4 is 31.9 Å². The highest BCUT2D eigenvalue weighted by atomic mass is 79.9. The molecule has 0 aliphatic carbocycles. The molecule has 1 saturated heterocycles. The van der Waals surface area contributed by atoms with E-state index in [1.54, 1.807) is 0 Å². The molecule has 2 atom stereocenters. The number of carboxylic acid groups (broad SMARTS) is 1. The molecule has 0 spiro atoms. The first-order chi connectivity index (χ1) is 9.71. The minimum atomic E-state index is -3.65. The molecule has 5 nitrogen and oxygen atoms in total. The van der Waals surface area contributed by atoms with Gasteiger partial charge in [0.05, 0.1) is 10.5 Å². The Morgan fingerprint density at radius 3 is 2.38 bits per heavy atom. The van der Waals surface area contributed by atoms with Gasteiger partial charge in [-0.25, -0.2) is 13.2 Å². The van der Waals surface area contributed by atoms with E-state index in [9.17, 15) is 13.2 Å². The summed E-state index contributed by atoms with van der Waals surface area (Å²) in [7, 11) is -3.65. The average Bonchev–Trinajstić information content (AvgIpc) is 2.37. The number of hydrogen-bond donors (Lipinski definition) is 1. The van der Waals surface area contributed by atoms with E-state index in [-0.39, 0.29) is 10.5 Å². The molecule has 2 rings (SSSR count). The lowest BCUT2D eigenvalue weighted by molar-refractivity contribution is 0.0695. The molecule has 1 aromatic carbocycles. The Morgan fingerprint density at radius 1 is 1.29 bits per heavy atom. The second-order valence-electron chi connectivity index (χ2n) is 5.71. The van der Waals surface area contributed by atoms with E-state index in [4.69, 9.17) is 5.11 Å². The van der Waals surface area contributed by atoms with Crippen molar-refractivity contribution in [1.29, 1.82) is 0 Å². The summed E-state index contributed by atoms with van der Waals surface area (Å²) in [4.78, 5) is 11.2. The molecule has 1 aliphatic heterocycles. The zero-order chi connectivity index (χ0) is 15.8. The van der Waals surface area contributed by atoms with Crippen molar-refractivity contribution < 1.29 is 18.3 Å². The molecule has 1 fully saturated rings. The molecule has 116 valence electrons. The van der Waals surface area contributed by atoms with Gasteiger partial charge in [-0.15, -0.1) is 0 Å². The van der Waals surface area contributed by atoms with Crippen LogP contribution in [0.3, 0.4) is 0 Å². The first-order valence-electron chi connectivity index (χ1n) is 6.74. The van der Waals surface area contributed by atoms with Crippen LogP contribution in [-0.2, 0) is 10.0 Å². The van der Waals surface area contributed by atoms with Crippen molar-refractivity contribution in [2.75, 3.05) is 13.1 Å². The average molecular weight is 376 g/mol. The number of sulfonamides is 1. The lowest BCUT2D eigenvalue weighted by atomic mass is 9.94. The standard InChI is InChI=1S/C14H18BrNO4S/c1-9-5-10(2)8-16(7-9)21(19,20)11-3-4-13(15)12(6-11)14(17)18/h3-4,6,9-10H,5,7-8H2,1-2H3,(H,17,18)/t9-,10+. The predicted octanol–water partition coefficient (Wildman–Crippen LogP) is 2.81. The molecule has 0 saturated carbocycles. The number of aromatic carboxylic acids is 1. The van der Waals surface area contributed by atoms with Gasteiger partial charge in [0, 0.05) is 17.6 Å². The first-order valence-corrected chi connectivity index (χ1v) is 8.98. The lowest BCUT2D eigenvalue weighted by Gasteiger charge is -2.34. The van der Waals surface area contributed by atoms with Crippen molar-refractivity contribution in [2.45, 2.75) is 25.2 Å². The van der Waals surface area contributed by atoms with Crippen molar-refractivity contribution in [3.63, 3.8) is 0 Å². The maximum Gasteiger partial charge on any atom is 0.336 e. The number of piperidine rings is 1. The van der Waals surface area contributed by atoms with Gasteiger partial charge in [-0.05, 0) is 52.4 Å². The van der Waals surface area contributed by atoms with E-state index in [1.165, 1.54) is 22.5 Å². The molecule has 0 amide bonds. The fourth-order valence-corrected chi connectivity index (χ4v) is 4.90. The summed E-state index contributed by atoms with van der Waals surface area (Å²) in [5, 5.41) is 9.11. The van der Waals surface area contributed by atoms with Crippen LogP contribution in [0.1, 0.15) is 30.6 Å². The maximum atomic E-state index is 12.7. The summed E-state index contributed by atoms with van der Waals surface area (Å²) in [6.45, 7) is 5.02. The molecule has 1 aromatic rings. The number of carbonyl (C=O) groups is 1. The largest absolute Gasteiger partial charge is 0.478 e. The molecule has 0 radical (unpaired) electrons. The van der Waals surface area contributed by atoms with Crippen molar-refractivity contribution in [2.24, 2.45) is 11.8 Å². The number of benzene rings is 1. The minimum Gasteiger partial charge on any atom is -0.478 e. The van der Waals surface area contributed by atoms with Gasteiger partial charge in [-0.1, -0.05) is 13.8 Å². The van der Waals surface area contributed by atoms with Gasteiger partial charge in [0.15, 0.2) is 0 Å². The van der Waals surface area contributed by atoms with Crippen LogP contribution in [0, 0.1) is 11.8 Å². The third-order valence-corrected chi connectivity index (χ3v) is 6.16. The summed E-state index contributed by atoms with van der Waals surface area (Å²) >= 11 is 3.12. The molecular weight excluding hydrogens is 358 g/mol. The summed E-state index contributed by atoms with van der Waals surface area (Å²) in [5.41, 5.74) is -0.0471. The highest BCUT2D eigenvalue weighted by Crippen LogP contribution is 2.28. The van der Waals surface area contributed by atoms with Crippen LogP contribution in [0.4, 0.5) is 0 Å². The molecular formula is C14H18BrNO4S. The van der Waals surface area contributed by atoms with Crippen molar-refractivity contribution in [1.82, 2.24) is 4.31 Å². The zero-order valence-electron chi connectivity index (χ0n) is 11.9. The fourth-order valence-electron chi connectivity index (χ4n) is 2.78. The van der Waals surface area contributed by atoms with Gasteiger partial charge >= 0.3 is 5.97 Å². The van der Waals surface area contributed by atoms with Crippen LogP contribution in [0.25, 0.3) is 0 Å². The summed E-state index contributed by atoms with van der Waals surface area (Å²) in [5.74, 6) is -0.546. The van der Waals surface area contributed by atoms with Crippen LogP contribution in [0.5, 0.6) is 0 Å². The van der Waals surface area contributed by atoms with Gasteiger partial charge in [-0.2, -0.15) is 4.31 Å². The van der Waals surface area contributed by atoms with Crippen LogP contribution >= 0.6 is 15.9 Å². The Morgan fingerprint density at radius 2 is 1.86 bits per heavy atom. The Kier molecular flexibility index (Phi) is 4.75. The van der Waals surface area contributed by atoms with Crippen molar-refractivity contribution in [3.05, 3.63) is 28.2 Å². The topological polar surface area (TPSA) is 74.7 Å². The van der Waals surface area contributed by atoms with Gasteiger partial charge in [0.1, 0.15) is 0 Å². The van der Waals surface area contributed by atoms with Gasteiger partial charge in [0.25, 0.3) is 0 Å². The minimum absolute atomic E-state index is 0.0319. The van der Waals surface area contributed by atoms with Crippen LogP contribution in [-0.4, -0.2) is 36.9 Å². The Hall–Kier alpha value is -0.920. The normalized spacial score (nSPS) is 24.0. The second-order valence-corrected chi connectivity index (χ2v) is 8.51. The van der Waals surface area contributed by atoms with Gasteiger partial charge in [-0.3, -0.25) is 0 Å². The number of halogens is 1. The lowest BCUT2D eigenvalue weighted by Crippen LogP contribution is -2.42.